The molecule has 0 spiro atoms. The first-order chi connectivity index (χ1) is 9.70. The van der Waals surface area contributed by atoms with Crippen LogP contribution in [0.3, 0.4) is 0 Å². The summed E-state index contributed by atoms with van der Waals surface area (Å²) in [6.07, 6.45) is 0. The van der Waals surface area contributed by atoms with E-state index in [4.69, 9.17) is 5.14 Å². The van der Waals surface area contributed by atoms with Gasteiger partial charge in [0.2, 0.25) is 10.0 Å². The van der Waals surface area contributed by atoms with Crippen LogP contribution in [-0.2, 0) is 20.0 Å². The van der Waals surface area contributed by atoms with Gasteiger partial charge < -0.3 is 0 Å². The number of hydrogen-bond donors (Lipinski definition) is 2. The van der Waals surface area contributed by atoms with Gasteiger partial charge in [0.25, 0.3) is 10.0 Å². The Bertz CT molecular complexity index is 865. The summed E-state index contributed by atoms with van der Waals surface area (Å²) in [6.45, 7) is 0. The minimum atomic E-state index is -4.20. The van der Waals surface area contributed by atoms with Gasteiger partial charge in [-0.1, -0.05) is 18.2 Å². The van der Waals surface area contributed by atoms with Gasteiger partial charge in [0, 0.05) is 0 Å². The molecule has 0 atom stereocenters. The zero-order valence-corrected chi connectivity index (χ0v) is 12.2. The van der Waals surface area contributed by atoms with Gasteiger partial charge in [0.05, 0.1) is 10.6 Å². The maximum Gasteiger partial charge on any atom is 0.261 e. The Labute approximate surface area is 121 Å². The molecule has 2 rings (SSSR count). The number of halogens is 1. The lowest BCUT2D eigenvalue weighted by molar-refractivity contribution is 0.568. The van der Waals surface area contributed by atoms with E-state index >= 15 is 0 Å². The Morgan fingerprint density at radius 2 is 1.57 bits per heavy atom. The lowest BCUT2D eigenvalue weighted by atomic mass is 10.3. The Hall–Kier alpha value is -1.97. The predicted octanol–water partition coefficient (Wildman–Crippen LogP) is 1.27. The Morgan fingerprint density at radius 3 is 2.10 bits per heavy atom. The monoisotopic (exact) mass is 330 g/mol. The number of benzene rings is 2. The average Bonchev–Trinajstić information content (AvgIpc) is 2.37. The highest BCUT2D eigenvalue weighted by molar-refractivity contribution is 7.92. The first-order valence-corrected chi connectivity index (χ1v) is 8.63. The van der Waals surface area contributed by atoms with Crippen molar-refractivity contribution in [3.8, 4) is 0 Å². The second-order valence-corrected chi connectivity index (χ2v) is 7.32. The van der Waals surface area contributed by atoms with Crippen LogP contribution < -0.4 is 9.86 Å². The SMILES string of the molecule is NS(=O)(=O)c1ccc(NS(=O)(=O)c2ccccc2)cc1F. The van der Waals surface area contributed by atoms with Crippen LogP contribution in [0.2, 0.25) is 0 Å². The summed E-state index contributed by atoms with van der Waals surface area (Å²) in [6, 6.07) is 10.2. The molecule has 0 aliphatic heterocycles. The molecule has 0 saturated carbocycles. The lowest BCUT2D eigenvalue weighted by Gasteiger charge is -2.09. The quantitative estimate of drug-likeness (QED) is 0.880. The Balaban J connectivity index is 2.36. The second-order valence-electron chi connectivity index (χ2n) is 4.11. The largest absolute Gasteiger partial charge is 0.280 e. The van der Waals surface area contributed by atoms with Gasteiger partial charge >= 0.3 is 0 Å². The van der Waals surface area contributed by atoms with E-state index in [1.54, 1.807) is 18.2 Å². The molecule has 0 heterocycles. The normalized spacial score (nSPS) is 12.1. The molecule has 0 amide bonds. The summed E-state index contributed by atoms with van der Waals surface area (Å²) in [5, 5.41) is 4.82. The molecule has 0 fully saturated rings. The zero-order chi connectivity index (χ0) is 15.7. The van der Waals surface area contributed by atoms with Gasteiger partial charge in [0.15, 0.2) is 0 Å². The van der Waals surface area contributed by atoms with Crippen molar-refractivity contribution in [2.75, 3.05) is 4.72 Å². The Kier molecular flexibility index (Phi) is 3.99. The molecule has 21 heavy (non-hydrogen) atoms. The van der Waals surface area contributed by atoms with Crippen molar-refractivity contribution in [2.45, 2.75) is 9.79 Å². The molecule has 0 aliphatic rings. The molecule has 0 radical (unpaired) electrons. The third-order valence-corrected chi connectivity index (χ3v) is 4.89. The van der Waals surface area contributed by atoms with Crippen LogP contribution in [0.5, 0.6) is 0 Å². The lowest BCUT2D eigenvalue weighted by Crippen LogP contribution is -2.16. The van der Waals surface area contributed by atoms with Gasteiger partial charge in [-0.3, -0.25) is 4.72 Å². The molecule has 0 unspecified atom stereocenters. The summed E-state index contributed by atoms with van der Waals surface area (Å²) >= 11 is 0. The van der Waals surface area contributed by atoms with Crippen LogP contribution in [0, 0.1) is 5.82 Å². The number of nitrogens with two attached hydrogens (primary N) is 1. The molecule has 112 valence electrons. The number of sulfonamides is 2. The Morgan fingerprint density at radius 1 is 0.952 bits per heavy atom. The molecule has 6 nitrogen and oxygen atoms in total. The number of nitrogens with one attached hydrogen (secondary N) is 1. The molecular formula is C12H11FN2O4S2. The summed E-state index contributed by atoms with van der Waals surface area (Å²) in [5.41, 5.74) is -0.108. The fourth-order valence-electron chi connectivity index (χ4n) is 1.61. The third kappa shape index (κ3) is 3.57. The van der Waals surface area contributed by atoms with E-state index in [9.17, 15) is 21.2 Å². The van der Waals surface area contributed by atoms with E-state index in [0.29, 0.717) is 0 Å². The zero-order valence-electron chi connectivity index (χ0n) is 10.5. The van der Waals surface area contributed by atoms with E-state index in [2.05, 4.69) is 4.72 Å². The van der Waals surface area contributed by atoms with Gasteiger partial charge in [0.1, 0.15) is 10.7 Å². The van der Waals surface area contributed by atoms with Gasteiger partial charge in [-0.05, 0) is 30.3 Å². The molecule has 9 heteroatoms. The van der Waals surface area contributed by atoms with Crippen molar-refractivity contribution in [1.82, 2.24) is 0 Å². The summed E-state index contributed by atoms with van der Waals surface area (Å²) in [7, 11) is -8.07. The number of hydrogen-bond acceptors (Lipinski definition) is 4. The van der Waals surface area contributed by atoms with Crippen LogP contribution in [0.1, 0.15) is 0 Å². The number of anilines is 1. The molecule has 3 N–H and O–H groups in total. The van der Waals surface area contributed by atoms with Crippen LogP contribution in [-0.4, -0.2) is 16.8 Å². The third-order valence-electron chi connectivity index (χ3n) is 2.54. The van der Waals surface area contributed by atoms with Crippen molar-refractivity contribution in [2.24, 2.45) is 5.14 Å². The van der Waals surface area contributed by atoms with Crippen molar-refractivity contribution >= 4 is 25.7 Å². The maximum absolute atomic E-state index is 13.6. The highest BCUT2D eigenvalue weighted by Gasteiger charge is 2.17. The van der Waals surface area contributed by atoms with E-state index in [1.807, 2.05) is 0 Å². The van der Waals surface area contributed by atoms with Gasteiger partial charge in [-0.2, -0.15) is 0 Å². The fourth-order valence-corrected chi connectivity index (χ4v) is 3.27. The van der Waals surface area contributed by atoms with E-state index in [0.717, 1.165) is 18.2 Å². The minimum Gasteiger partial charge on any atom is -0.280 e. The van der Waals surface area contributed by atoms with Gasteiger partial charge in [-0.15, -0.1) is 0 Å². The van der Waals surface area contributed by atoms with Gasteiger partial charge in [-0.25, -0.2) is 26.4 Å². The van der Waals surface area contributed by atoms with Crippen molar-refractivity contribution in [1.29, 1.82) is 0 Å². The molecule has 0 bridgehead atoms. The van der Waals surface area contributed by atoms with E-state index < -0.39 is 30.8 Å². The number of rotatable bonds is 4. The molecule has 0 saturated heterocycles. The summed E-state index contributed by atoms with van der Waals surface area (Å²) in [4.78, 5) is -0.703. The number of primary sulfonamides is 1. The maximum atomic E-state index is 13.6. The smallest absolute Gasteiger partial charge is 0.261 e. The first kappa shape index (κ1) is 15.4. The average molecular weight is 330 g/mol. The standard InChI is InChI=1S/C12H11FN2O4S2/c13-11-8-9(6-7-12(11)20(14,16)17)15-21(18,19)10-4-2-1-3-5-10/h1-8,15H,(H2,14,16,17). The first-order valence-electron chi connectivity index (χ1n) is 5.60. The van der Waals surface area contributed by atoms with Crippen LogP contribution in [0.25, 0.3) is 0 Å². The predicted molar refractivity (Wildman–Crippen MR) is 75.0 cm³/mol. The second kappa shape index (κ2) is 5.43. The highest BCUT2D eigenvalue weighted by atomic mass is 32.2. The molecule has 2 aromatic carbocycles. The fraction of sp³-hybridized carbons (Fsp3) is 0. The van der Waals surface area contributed by atoms with Crippen molar-refractivity contribution < 1.29 is 21.2 Å². The van der Waals surface area contributed by atoms with Crippen molar-refractivity contribution in [3.05, 3.63) is 54.3 Å². The summed E-state index contributed by atoms with van der Waals surface area (Å²) in [5.74, 6) is -1.13. The van der Waals surface area contributed by atoms with Crippen LogP contribution in [0.4, 0.5) is 10.1 Å². The van der Waals surface area contributed by atoms with Crippen LogP contribution >= 0.6 is 0 Å². The topological polar surface area (TPSA) is 106 Å². The van der Waals surface area contributed by atoms with E-state index in [-0.39, 0.29) is 10.6 Å². The summed E-state index contributed by atoms with van der Waals surface area (Å²) < 4.78 is 62.0. The van der Waals surface area contributed by atoms with Crippen molar-refractivity contribution in [3.63, 3.8) is 0 Å². The minimum absolute atomic E-state index is 0.000862. The highest BCUT2D eigenvalue weighted by Crippen LogP contribution is 2.20. The van der Waals surface area contributed by atoms with Crippen LogP contribution in [0.15, 0.2) is 58.3 Å². The molecule has 0 aromatic heterocycles. The van der Waals surface area contributed by atoms with E-state index in [1.165, 1.54) is 12.1 Å². The molecular weight excluding hydrogens is 319 g/mol. The molecule has 0 aliphatic carbocycles. The molecule has 2 aromatic rings.